The fourth-order valence-corrected chi connectivity index (χ4v) is 3.98. The van der Waals surface area contributed by atoms with Crippen molar-refractivity contribution in [3.05, 3.63) is 91.0 Å². The van der Waals surface area contributed by atoms with Crippen molar-refractivity contribution in [2.24, 2.45) is 0 Å². The molecule has 0 radical (unpaired) electrons. The lowest BCUT2D eigenvalue weighted by molar-refractivity contribution is 0.0308. The highest BCUT2D eigenvalue weighted by molar-refractivity contribution is 6.20. The van der Waals surface area contributed by atoms with Gasteiger partial charge in [-0.05, 0) is 38.7 Å². The van der Waals surface area contributed by atoms with E-state index in [0.717, 1.165) is 32.7 Å². The zero-order chi connectivity index (χ0) is 18.4. The average Bonchev–Trinajstić information content (AvgIpc) is 2.71. The summed E-state index contributed by atoms with van der Waals surface area (Å²) in [4.78, 5) is 0. The monoisotopic (exact) mass is 351 g/mol. The third-order valence-electron chi connectivity index (χ3n) is 5.14. The first-order valence-electron chi connectivity index (χ1n) is 8.84. The third kappa shape index (κ3) is 2.45. The first kappa shape index (κ1) is 15.8. The van der Waals surface area contributed by atoms with Crippen LogP contribution >= 0.6 is 0 Å². The average molecular weight is 351 g/mol. The minimum absolute atomic E-state index is 0.231. The Morgan fingerprint density at radius 1 is 0.519 bits per heavy atom. The molecule has 0 atom stereocenters. The Morgan fingerprint density at radius 2 is 1.04 bits per heavy atom. The predicted molar refractivity (Wildman–Crippen MR) is 110 cm³/mol. The fraction of sp³-hybridized carbons (Fsp3) is 0. The highest BCUT2D eigenvalue weighted by Crippen LogP contribution is 2.43. The lowest BCUT2D eigenvalue weighted by atomic mass is 9.90. The molecule has 0 aliphatic heterocycles. The Kier molecular flexibility index (Phi) is 3.57. The molecule has 0 aromatic heterocycles. The van der Waals surface area contributed by atoms with Crippen molar-refractivity contribution in [1.29, 1.82) is 0 Å². The van der Waals surface area contributed by atoms with Gasteiger partial charge in [0.25, 0.3) is 0 Å². The second-order valence-corrected chi connectivity index (χ2v) is 6.67. The van der Waals surface area contributed by atoms with Crippen molar-refractivity contribution < 1.29 is 10.4 Å². The highest BCUT2D eigenvalue weighted by Gasteiger charge is 2.17. The minimum Gasteiger partial charge on any atom is -0.264 e. The molecule has 3 nitrogen and oxygen atoms in total. The van der Waals surface area contributed by atoms with Crippen LogP contribution in [0, 0.1) is 0 Å². The molecule has 0 fully saturated rings. The smallest absolute Gasteiger partial charge is 0.110 e. The fourth-order valence-electron chi connectivity index (χ4n) is 3.98. The predicted octanol–water partition coefficient (Wildman–Crippen LogP) is 6.40. The molecule has 0 saturated carbocycles. The molecule has 5 aromatic rings. The van der Waals surface area contributed by atoms with Crippen molar-refractivity contribution in [3.63, 3.8) is 0 Å². The van der Waals surface area contributed by atoms with E-state index in [4.69, 9.17) is 0 Å². The molecule has 130 valence electrons. The summed E-state index contributed by atoms with van der Waals surface area (Å²) < 4.78 is 0. The summed E-state index contributed by atoms with van der Waals surface area (Å²) in [6.45, 7) is 0. The molecule has 0 heterocycles. The van der Waals surface area contributed by atoms with Gasteiger partial charge in [0.05, 0.1) is 0 Å². The van der Waals surface area contributed by atoms with E-state index in [2.05, 4.69) is 30.3 Å². The second-order valence-electron chi connectivity index (χ2n) is 6.67. The molecule has 5 rings (SSSR count). The second kappa shape index (κ2) is 6.09. The van der Waals surface area contributed by atoms with Gasteiger partial charge in [0.1, 0.15) is 5.69 Å². The van der Waals surface area contributed by atoms with Crippen molar-refractivity contribution in [1.82, 2.24) is 0 Å². The normalized spacial score (nSPS) is 11.3. The van der Waals surface area contributed by atoms with Crippen LogP contribution in [0.3, 0.4) is 0 Å². The Balaban J connectivity index is 1.97. The number of rotatable bonds is 2. The molecule has 5 aromatic carbocycles. The number of nitrogens with zero attached hydrogens (tertiary/aromatic N) is 1. The van der Waals surface area contributed by atoms with Gasteiger partial charge >= 0.3 is 0 Å². The van der Waals surface area contributed by atoms with Gasteiger partial charge in [0.15, 0.2) is 0 Å². The number of fused-ring (bicyclic) bond motifs is 3. The van der Waals surface area contributed by atoms with Gasteiger partial charge in [-0.2, -0.15) is 0 Å². The topological polar surface area (TPSA) is 43.7 Å². The molecule has 0 saturated heterocycles. The van der Waals surface area contributed by atoms with E-state index in [1.165, 1.54) is 10.8 Å². The summed E-state index contributed by atoms with van der Waals surface area (Å²) in [6.07, 6.45) is 0. The van der Waals surface area contributed by atoms with Gasteiger partial charge in [-0.15, -0.1) is 5.23 Å². The van der Waals surface area contributed by atoms with Crippen LogP contribution in [0.2, 0.25) is 0 Å². The Labute approximate surface area is 156 Å². The molecule has 0 bridgehead atoms. The van der Waals surface area contributed by atoms with Crippen LogP contribution in [0.4, 0.5) is 5.69 Å². The minimum atomic E-state index is 0.231. The van der Waals surface area contributed by atoms with Gasteiger partial charge in [0.2, 0.25) is 0 Å². The lowest BCUT2D eigenvalue weighted by Gasteiger charge is -2.19. The van der Waals surface area contributed by atoms with E-state index < -0.39 is 0 Å². The Bertz CT molecular complexity index is 1250. The van der Waals surface area contributed by atoms with E-state index in [1.807, 2.05) is 60.7 Å². The van der Waals surface area contributed by atoms with Crippen LogP contribution in [0.25, 0.3) is 43.4 Å². The summed E-state index contributed by atoms with van der Waals surface area (Å²) in [5.41, 5.74) is 2.60. The van der Waals surface area contributed by atoms with Crippen LogP contribution in [0.5, 0.6) is 0 Å². The molecule has 3 heteroatoms. The van der Waals surface area contributed by atoms with E-state index >= 15 is 0 Å². The molecule has 27 heavy (non-hydrogen) atoms. The number of anilines is 1. The summed E-state index contributed by atoms with van der Waals surface area (Å²) in [5.74, 6) is 0. The Morgan fingerprint density at radius 3 is 1.63 bits per heavy atom. The molecule has 2 N–H and O–H groups in total. The van der Waals surface area contributed by atoms with Crippen LogP contribution in [0.15, 0.2) is 91.0 Å². The SMILES string of the molecule is ON(O)c1c2ccccc2c(-c2ccc3ccccc3c2)c2ccccc12. The maximum absolute atomic E-state index is 9.91. The number of hydrogen-bond donors (Lipinski definition) is 2. The van der Waals surface area contributed by atoms with Gasteiger partial charge < -0.3 is 0 Å². The Hall–Kier alpha value is -3.40. The van der Waals surface area contributed by atoms with Crippen LogP contribution in [0.1, 0.15) is 0 Å². The maximum Gasteiger partial charge on any atom is 0.110 e. The molecule has 0 aliphatic rings. The van der Waals surface area contributed by atoms with Crippen molar-refractivity contribution in [2.75, 3.05) is 5.23 Å². The van der Waals surface area contributed by atoms with Crippen LogP contribution < -0.4 is 5.23 Å². The van der Waals surface area contributed by atoms with Crippen molar-refractivity contribution in [2.45, 2.75) is 0 Å². The van der Waals surface area contributed by atoms with Crippen molar-refractivity contribution >= 4 is 38.0 Å². The highest BCUT2D eigenvalue weighted by atomic mass is 16.8. The zero-order valence-corrected chi connectivity index (χ0v) is 14.5. The molecule has 0 aliphatic carbocycles. The zero-order valence-electron chi connectivity index (χ0n) is 14.5. The van der Waals surface area contributed by atoms with Gasteiger partial charge in [0, 0.05) is 10.8 Å². The van der Waals surface area contributed by atoms with Crippen molar-refractivity contribution in [3.8, 4) is 11.1 Å². The van der Waals surface area contributed by atoms with E-state index in [1.54, 1.807) is 0 Å². The first-order valence-corrected chi connectivity index (χ1v) is 8.84. The van der Waals surface area contributed by atoms with E-state index in [9.17, 15) is 10.4 Å². The van der Waals surface area contributed by atoms with Crippen LogP contribution in [-0.4, -0.2) is 10.4 Å². The largest absolute Gasteiger partial charge is 0.264 e. The summed E-state index contributed by atoms with van der Waals surface area (Å²) in [7, 11) is 0. The lowest BCUT2D eigenvalue weighted by Crippen LogP contribution is -2.12. The molecular weight excluding hydrogens is 334 g/mol. The maximum atomic E-state index is 9.91. The van der Waals surface area contributed by atoms with Gasteiger partial charge in [-0.3, -0.25) is 10.4 Å². The first-order chi connectivity index (χ1) is 13.2. The number of benzene rings is 5. The summed E-state index contributed by atoms with van der Waals surface area (Å²) >= 11 is 0. The molecule has 0 spiro atoms. The molecular formula is C24H17NO2. The molecule has 0 amide bonds. The van der Waals surface area contributed by atoms with Gasteiger partial charge in [-0.25, -0.2) is 0 Å². The quantitative estimate of drug-likeness (QED) is 0.286. The standard InChI is InChI=1S/C24H17NO2/c26-25(27)24-21-11-5-3-9-19(21)23(20-10-4-6-12-22(20)24)18-14-13-16-7-1-2-8-17(16)15-18/h1-15,26-27H. The molecule has 0 unspecified atom stereocenters. The van der Waals surface area contributed by atoms with Crippen LogP contribution in [-0.2, 0) is 0 Å². The van der Waals surface area contributed by atoms with E-state index in [-0.39, 0.29) is 5.23 Å². The third-order valence-corrected chi connectivity index (χ3v) is 5.14. The van der Waals surface area contributed by atoms with E-state index in [0.29, 0.717) is 5.69 Å². The summed E-state index contributed by atoms with van der Waals surface area (Å²) in [6, 6.07) is 30.4. The number of hydrogen-bond acceptors (Lipinski definition) is 3. The van der Waals surface area contributed by atoms with Gasteiger partial charge in [-0.1, -0.05) is 84.9 Å². The summed E-state index contributed by atoms with van der Waals surface area (Å²) in [5, 5.41) is 26.0.